The minimum absolute atomic E-state index is 0.0369. The predicted molar refractivity (Wildman–Crippen MR) is 80.1 cm³/mol. The van der Waals surface area contributed by atoms with Gasteiger partial charge in [0.2, 0.25) is 11.0 Å². The van der Waals surface area contributed by atoms with E-state index in [4.69, 9.17) is 10.3 Å². The lowest BCUT2D eigenvalue weighted by Gasteiger charge is -2.06. The summed E-state index contributed by atoms with van der Waals surface area (Å²) in [6.07, 6.45) is 3.20. The number of furan rings is 1. The summed E-state index contributed by atoms with van der Waals surface area (Å²) in [6, 6.07) is 3.62. The molecule has 0 spiro atoms. The van der Waals surface area contributed by atoms with Crippen LogP contribution in [-0.4, -0.2) is 19.9 Å². The van der Waals surface area contributed by atoms with Gasteiger partial charge >= 0.3 is 5.56 Å². The van der Waals surface area contributed by atoms with E-state index in [-0.39, 0.29) is 5.82 Å². The Hall–Kier alpha value is -2.33. The Balaban J connectivity index is 1.77. The molecule has 0 saturated carbocycles. The van der Waals surface area contributed by atoms with Crippen LogP contribution in [0.15, 0.2) is 44.3 Å². The molecule has 108 valence electrons. The maximum atomic E-state index is 12.1. The molecule has 10 heteroatoms. The molecule has 0 radical (unpaired) electrons. The molecule has 0 unspecified atom stereocenters. The maximum Gasteiger partial charge on any atom is 0.316 e. The molecule has 0 atom stereocenters. The molecule has 0 bridgehead atoms. The molecule has 0 amide bonds. The molecule has 3 rings (SSSR count). The Bertz CT molecular complexity index is 769. The lowest BCUT2D eigenvalue weighted by molar-refractivity contribution is 0.530. The minimum atomic E-state index is -0.470. The Morgan fingerprint density at radius 3 is 3.10 bits per heavy atom. The van der Waals surface area contributed by atoms with Gasteiger partial charge in [0.15, 0.2) is 5.13 Å². The standard InChI is InChI=1S/C11H10N6O2S2/c12-17-9(18)8(14-10-13-3-5-20-10)15-16-11(17)21-6-7-2-1-4-19-7/h1-5H,6,12H2,(H,13,14,15). The number of thioether (sulfide) groups is 1. The second-order valence-corrected chi connectivity index (χ2v) is 5.67. The van der Waals surface area contributed by atoms with Crippen LogP contribution in [-0.2, 0) is 5.75 Å². The Morgan fingerprint density at radius 2 is 2.38 bits per heavy atom. The SMILES string of the molecule is Nn1c(SCc2ccco2)nnc(Nc2nccs2)c1=O. The van der Waals surface area contributed by atoms with Crippen molar-refractivity contribution in [3.63, 3.8) is 0 Å². The lowest BCUT2D eigenvalue weighted by Crippen LogP contribution is -2.32. The summed E-state index contributed by atoms with van der Waals surface area (Å²) in [7, 11) is 0. The second-order valence-electron chi connectivity index (χ2n) is 3.84. The predicted octanol–water partition coefficient (Wildman–Crippen LogP) is 1.44. The number of nitrogens with two attached hydrogens (primary N) is 1. The van der Waals surface area contributed by atoms with Crippen molar-refractivity contribution in [1.29, 1.82) is 0 Å². The van der Waals surface area contributed by atoms with Crippen molar-refractivity contribution in [1.82, 2.24) is 19.9 Å². The molecule has 0 aliphatic rings. The number of nitrogen functional groups attached to an aromatic ring is 1. The van der Waals surface area contributed by atoms with E-state index in [9.17, 15) is 4.79 Å². The van der Waals surface area contributed by atoms with Crippen molar-refractivity contribution in [2.75, 3.05) is 11.2 Å². The number of hydrogen-bond acceptors (Lipinski definition) is 9. The first-order chi connectivity index (χ1) is 10.2. The highest BCUT2D eigenvalue weighted by molar-refractivity contribution is 7.98. The van der Waals surface area contributed by atoms with E-state index >= 15 is 0 Å². The molecule has 3 N–H and O–H groups in total. The molecule has 3 heterocycles. The smallest absolute Gasteiger partial charge is 0.316 e. The van der Waals surface area contributed by atoms with Crippen LogP contribution in [0.2, 0.25) is 0 Å². The van der Waals surface area contributed by atoms with Gasteiger partial charge in [0.05, 0.1) is 12.0 Å². The van der Waals surface area contributed by atoms with E-state index in [0.717, 1.165) is 10.4 Å². The van der Waals surface area contributed by atoms with Crippen LogP contribution in [0.4, 0.5) is 10.9 Å². The van der Waals surface area contributed by atoms with E-state index in [2.05, 4.69) is 20.5 Å². The summed E-state index contributed by atoms with van der Waals surface area (Å²) in [5, 5.41) is 13.2. The molecular weight excluding hydrogens is 312 g/mol. The quantitative estimate of drug-likeness (QED) is 0.536. The largest absolute Gasteiger partial charge is 0.468 e. The molecule has 0 aliphatic carbocycles. The Labute approximate surface area is 127 Å². The van der Waals surface area contributed by atoms with Gasteiger partial charge in [0, 0.05) is 11.6 Å². The fraction of sp³-hybridized carbons (Fsp3) is 0.0909. The summed E-state index contributed by atoms with van der Waals surface area (Å²) >= 11 is 2.61. The molecule has 0 fully saturated rings. The first-order valence-electron chi connectivity index (χ1n) is 5.80. The third-order valence-corrected chi connectivity index (χ3v) is 4.10. The van der Waals surface area contributed by atoms with Crippen LogP contribution in [0.25, 0.3) is 0 Å². The topological polar surface area (TPSA) is 112 Å². The van der Waals surface area contributed by atoms with E-state index < -0.39 is 5.56 Å². The van der Waals surface area contributed by atoms with Crippen LogP contribution in [0.5, 0.6) is 0 Å². The zero-order chi connectivity index (χ0) is 14.7. The van der Waals surface area contributed by atoms with E-state index in [1.165, 1.54) is 23.1 Å². The first-order valence-corrected chi connectivity index (χ1v) is 7.67. The third-order valence-electron chi connectivity index (χ3n) is 2.44. The molecule has 0 saturated heterocycles. The van der Waals surface area contributed by atoms with Crippen molar-refractivity contribution in [2.45, 2.75) is 10.9 Å². The van der Waals surface area contributed by atoms with Crippen molar-refractivity contribution < 1.29 is 4.42 Å². The van der Waals surface area contributed by atoms with Gasteiger partial charge in [0.25, 0.3) is 0 Å². The molecule has 0 aliphatic heterocycles. The van der Waals surface area contributed by atoms with Crippen molar-refractivity contribution >= 4 is 34.0 Å². The minimum Gasteiger partial charge on any atom is -0.468 e. The average Bonchev–Trinajstić information content (AvgIpc) is 3.16. The number of rotatable bonds is 5. The summed E-state index contributed by atoms with van der Waals surface area (Å²) < 4.78 is 6.16. The Morgan fingerprint density at radius 1 is 1.48 bits per heavy atom. The van der Waals surface area contributed by atoms with Gasteiger partial charge in [-0.05, 0) is 12.1 Å². The van der Waals surface area contributed by atoms with Crippen molar-refractivity contribution in [3.05, 3.63) is 46.1 Å². The lowest BCUT2D eigenvalue weighted by atomic mass is 10.5. The molecule has 3 aromatic heterocycles. The van der Waals surface area contributed by atoms with Crippen LogP contribution in [0.1, 0.15) is 5.76 Å². The maximum absolute atomic E-state index is 12.1. The van der Waals surface area contributed by atoms with E-state index in [1.807, 2.05) is 6.07 Å². The third kappa shape index (κ3) is 3.06. The number of aromatic nitrogens is 4. The highest BCUT2D eigenvalue weighted by atomic mass is 32.2. The first kappa shape index (κ1) is 13.6. The second kappa shape index (κ2) is 5.97. The number of anilines is 2. The summed E-state index contributed by atoms with van der Waals surface area (Å²) in [5.41, 5.74) is -0.470. The van der Waals surface area contributed by atoms with Crippen molar-refractivity contribution in [2.24, 2.45) is 0 Å². The molecule has 0 aromatic carbocycles. The zero-order valence-corrected chi connectivity index (χ0v) is 12.2. The van der Waals surface area contributed by atoms with Gasteiger partial charge in [-0.2, -0.15) is 4.68 Å². The van der Waals surface area contributed by atoms with Gasteiger partial charge < -0.3 is 15.6 Å². The number of nitrogens with zero attached hydrogens (tertiary/aromatic N) is 4. The normalized spacial score (nSPS) is 10.7. The fourth-order valence-electron chi connectivity index (χ4n) is 1.48. The van der Waals surface area contributed by atoms with Crippen LogP contribution < -0.4 is 16.7 Å². The molecule has 3 aromatic rings. The average molecular weight is 322 g/mol. The Kier molecular flexibility index (Phi) is 3.88. The number of thiazole rings is 1. The van der Waals surface area contributed by atoms with Gasteiger partial charge in [0.1, 0.15) is 5.76 Å². The van der Waals surface area contributed by atoms with Crippen molar-refractivity contribution in [3.8, 4) is 0 Å². The number of hydrogen-bond donors (Lipinski definition) is 2. The summed E-state index contributed by atoms with van der Waals surface area (Å²) in [4.78, 5) is 16.1. The summed E-state index contributed by atoms with van der Waals surface area (Å²) in [6.45, 7) is 0. The van der Waals surface area contributed by atoms with Gasteiger partial charge in [-0.1, -0.05) is 11.8 Å². The van der Waals surface area contributed by atoms with Crippen LogP contribution >= 0.6 is 23.1 Å². The van der Waals surface area contributed by atoms with Crippen LogP contribution in [0, 0.1) is 0 Å². The number of nitrogens with one attached hydrogen (secondary N) is 1. The summed E-state index contributed by atoms with van der Waals surface area (Å²) in [5.74, 6) is 7.06. The fourth-order valence-corrected chi connectivity index (χ4v) is 2.76. The van der Waals surface area contributed by atoms with Gasteiger partial charge in [-0.15, -0.1) is 21.5 Å². The highest BCUT2D eigenvalue weighted by Crippen LogP contribution is 2.19. The molecule has 21 heavy (non-hydrogen) atoms. The monoisotopic (exact) mass is 322 g/mol. The highest BCUT2D eigenvalue weighted by Gasteiger charge is 2.12. The van der Waals surface area contributed by atoms with Crippen LogP contribution in [0.3, 0.4) is 0 Å². The molecular formula is C11H10N6O2S2. The van der Waals surface area contributed by atoms with E-state index in [0.29, 0.717) is 16.0 Å². The van der Waals surface area contributed by atoms with Gasteiger partial charge in [-0.3, -0.25) is 4.79 Å². The van der Waals surface area contributed by atoms with Gasteiger partial charge in [-0.25, -0.2) is 4.98 Å². The molecule has 8 nitrogen and oxygen atoms in total. The zero-order valence-electron chi connectivity index (χ0n) is 10.6. The van der Waals surface area contributed by atoms with E-state index in [1.54, 1.807) is 23.9 Å².